The highest BCUT2D eigenvalue weighted by Gasteiger charge is 2.35. The van der Waals surface area contributed by atoms with E-state index < -0.39 is 16.1 Å². The summed E-state index contributed by atoms with van der Waals surface area (Å²) in [6.07, 6.45) is 1.61. The molecule has 1 N–H and O–H groups in total. The van der Waals surface area contributed by atoms with E-state index >= 15 is 0 Å². The predicted octanol–water partition coefficient (Wildman–Crippen LogP) is 0.940. The zero-order chi connectivity index (χ0) is 18.7. The maximum atomic E-state index is 12.8. The van der Waals surface area contributed by atoms with Crippen LogP contribution >= 0.6 is 11.6 Å². The van der Waals surface area contributed by atoms with Crippen molar-refractivity contribution in [3.63, 3.8) is 0 Å². The second-order valence-electron chi connectivity index (χ2n) is 6.66. The molecule has 3 rings (SSSR count). The van der Waals surface area contributed by atoms with Crippen LogP contribution in [0.5, 0.6) is 0 Å². The Morgan fingerprint density at radius 1 is 1.38 bits per heavy atom. The third-order valence-corrected chi connectivity index (χ3v) is 7.07. The standard InChI is InChI=1S/C17H24ClN3O4S/c1-20(13-6-7-13)9-8-19-17(22)15-12-21(10-11-25-15)26(23,24)16-5-3-2-4-14(16)18/h2-5,13,15H,6-12H2,1H3,(H,19,22). The first-order chi connectivity index (χ1) is 12.4. The predicted molar refractivity (Wildman–Crippen MR) is 98.6 cm³/mol. The number of likely N-dealkylation sites (N-methyl/N-ethyl adjacent to an activating group) is 1. The van der Waals surface area contributed by atoms with Gasteiger partial charge in [-0.1, -0.05) is 23.7 Å². The summed E-state index contributed by atoms with van der Waals surface area (Å²) in [6, 6.07) is 6.94. The molecule has 2 aliphatic rings. The summed E-state index contributed by atoms with van der Waals surface area (Å²) < 4.78 is 32.4. The Morgan fingerprint density at radius 2 is 2.12 bits per heavy atom. The molecule has 1 heterocycles. The van der Waals surface area contributed by atoms with E-state index in [1.807, 2.05) is 7.05 Å². The van der Waals surface area contributed by atoms with Gasteiger partial charge in [0.05, 0.1) is 11.6 Å². The molecule has 26 heavy (non-hydrogen) atoms. The number of nitrogens with zero attached hydrogens (tertiary/aromatic N) is 2. The Hall–Kier alpha value is -1.19. The van der Waals surface area contributed by atoms with Crippen molar-refractivity contribution in [1.82, 2.24) is 14.5 Å². The van der Waals surface area contributed by atoms with Crippen LogP contribution < -0.4 is 5.32 Å². The summed E-state index contributed by atoms with van der Waals surface area (Å²) in [5.74, 6) is -0.284. The highest BCUT2D eigenvalue weighted by Crippen LogP contribution is 2.26. The Kier molecular flexibility index (Phi) is 6.19. The van der Waals surface area contributed by atoms with Gasteiger partial charge in [-0.25, -0.2) is 8.42 Å². The Morgan fingerprint density at radius 3 is 2.81 bits per heavy atom. The quantitative estimate of drug-likeness (QED) is 0.735. The first-order valence-electron chi connectivity index (χ1n) is 8.74. The number of carbonyl (C=O) groups is 1. The van der Waals surface area contributed by atoms with Crippen LogP contribution in [0.1, 0.15) is 12.8 Å². The minimum atomic E-state index is -3.76. The van der Waals surface area contributed by atoms with Crippen LogP contribution in [0, 0.1) is 0 Å². The molecule has 1 aromatic carbocycles. The van der Waals surface area contributed by atoms with E-state index in [0.717, 1.165) is 6.54 Å². The molecule has 1 amide bonds. The summed E-state index contributed by atoms with van der Waals surface area (Å²) in [4.78, 5) is 14.6. The second-order valence-corrected chi connectivity index (χ2v) is 8.97. The molecular weight excluding hydrogens is 378 g/mol. The molecule has 1 saturated carbocycles. The van der Waals surface area contributed by atoms with Crippen molar-refractivity contribution in [2.24, 2.45) is 0 Å². The highest BCUT2D eigenvalue weighted by atomic mass is 35.5. The summed E-state index contributed by atoms with van der Waals surface area (Å²) >= 11 is 6.03. The fourth-order valence-corrected chi connectivity index (χ4v) is 4.88. The maximum Gasteiger partial charge on any atom is 0.250 e. The Bertz CT molecular complexity index is 754. The number of hydrogen-bond donors (Lipinski definition) is 1. The molecule has 0 spiro atoms. The van der Waals surface area contributed by atoms with Gasteiger partial charge >= 0.3 is 0 Å². The van der Waals surface area contributed by atoms with E-state index in [4.69, 9.17) is 16.3 Å². The number of nitrogens with one attached hydrogen (secondary N) is 1. The lowest BCUT2D eigenvalue weighted by Gasteiger charge is -2.31. The van der Waals surface area contributed by atoms with Crippen molar-refractivity contribution < 1.29 is 17.9 Å². The number of morpholine rings is 1. The van der Waals surface area contributed by atoms with Crippen molar-refractivity contribution in [3.8, 4) is 0 Å². The minimum Gasteiger partial charge on any atom is -0.366 e. The minimum absolute atomic E-state index is 0.0160. The van der Waals surface area contributed by atoms with Crippen LogP contribution in [-0.2, 0) is 19.6 Å². The molecule has 1 saturated heterocycles. The average Bonchev–Trinajstić information content (AvgIpc) is 3.47. The smallest absolute Gasteiger partial charge is 0.250 e. The van der Waals surface area contributed by atoms with Crippen LogP contribution in [0.15, 0.2) is 29.2 Å². The molecule has 144 valence electrons. The van der Waals surface area contributed by atoms with Gasteiger partial charge in [-0.3, -0.25) is 4.79 Å². The van der Waals surface area contributed by atoms with E-state index in [9.17, 15) is 13.2 Å². The van der Waals surface area contributed by atoms with Crippen molar-refractivity contribution in [2.45, 2.75) is 29.9 Å². The molecule has 1 aliphatic heterocycles. The summed E-state index contributed by atoms with van der Waals surface area (Å²) in [5.41, 5.74) is 0. The SMILES string of the molecule is CN(CCNC(=O)C1CN(S(=O)(=O)c2ccccc2Cl)CCO1)C1CC1. The van der Waals surface area contributed by atoms with Crippen molar-refractivity contribution in [1.29, 1.82) is 0 Å². The lowest BCUT2D eigenvalue weighted by atomic mass is 10.3. The normalized spacial score (nSPS) is 21.7. The van der Waals surface area contributed by atoms with Crippen LogP contribution in [-0.4, -0.2) is 75.5 Å². The second kappa shape index (κ2) is 8.22. The van der Waals surface area contributed by atoms with Crippen LogP contribution in [0.2, 0.25) is 5.02 Å². The van der Waals surface area contributed by atoms with E-state index in [-0.39, 0.29) is 35.5 Å². The Labute approximate surface area is 159 Å². The van der Waals surface area contributed by atoms with E-state index in [1.165, 1.54) is 29.3 Å². The topological polar surface area (TPSA) is 79.0 Å². The molecular formula is C17H24ClN3O4S. The van der Waals surface area contributed by atoms with Crippen molar-refractivity contribution in [2.75, 3.05) is 39.8 Å². The number of ether oxygens (including phenoxy) is 1. The maximum absolute atomic E-state index is 12.8. The largest absolute Gasteiger partial charge is 0.366 e. The van der Waals surface area contributed by atoms with Gasteiger partial charge in [0, 0.05) is 32.2 Å². The van der Waals surface area contributed by atoms with E-state index in [1.54, 1.807) is 12.1 Å². The monoisotopic (exact) mass is 401 g/mol. The van der Waals surface area contributed by atoms with Gasteiger partial charge in [0.1, 0.15) is 11.0 Å². The highest BCUT2D eigenvalue weighted by molar-refractivity contribution is 7.89. The molecule has 1 aromatic rings. The molecule has 2 fully saturated rings. The molecule has 0 bridgehead atoms. The molecule has 1 unspecified atom stereocenters. The number of benzene rings is 1. The molecule has 1 aliphatic carbocycles. The molecule has 7 nitrogen and oxygen atoms in total. The third-order valence-electron chi connectivity index (χ3n) is 4.71. The Balaban J connectivity index is 1.58. The first kappa shape index (κ1) is 19.6. The van der Waals surface area contributed by atoms with Gasteiger partial charge in [0.25, 0.3) is 5.91 Å². The molecule has 0 aromatic heterocycles. The number of hydrogen-bond acceptors (Lipinski definition) is 5. The van der Waals surface area contributed by atoms with Crippen molar-refractivity contribution in [3.05, 3.63) is 29.3 Å². The van der Waals surface area contributed by atoms with Gasteiger partial charge in [-0.2, -0.15) is 4.31 Å². The number of sulfonamides is 1. The van der Waals surface area contributed by atoms with Crippen LogP contribution in [0.4, 0.5) is 0 Å². The number of halogens is 1. The van der Waals surface area contributed by atoms with Crippen molar-refractivity contribution >= 4 is 27.5 Å². The summed E-state index contributed by atoms with van der Waals surface area (Å²) in [5, 5.41) is 3.01. The van der Waals surface area contributed by atoms with Crippen LogP contribution in [0.3, 0.4) is 0 Å². The zero-order valence-corrected chi connectivity index (χ0v) is 16.3. The summed E-state index contributed by atoms with van der Waals surface area (Å²) in [6.45, 7) is 1.64. The van der Waals surface area contributed by atoms with Crippen LogP contribution in [0.25, 0.3) is 0 Å². The lowest BCUT2D eigenvalue weighted by molar-refractivity contribution is -0.136. The average molecular weight is 402 g/mol. The first-order valence-corrected chi connectivity index (χ1v) is 10.6. The number of carbonyl (C=O) groups excluding carboxylic acids is 1. The van der Waals surface area contributed by atoms with Gasteiger partial charge in [-0.05, 0) is 32.0 Å². The fourth-order valence-electron chi connectivity index (χ4n) is 2.96. The number of amides is 1. The summed E-state index contributed by atoms with van der Waals surface area (Å²) in [7, 11) is -1.72. The van der Waals surface area contributed by atoms with Gasteiger partial charge in [0.2, 0.25) is 10.0 Å². The lowest BCUT2D eigenvalue weighted by Crippen LogP contribution is -2.52. The molecule has 9 heteroatoms. The van der Waals surface area contributed by atoms with Gasteiger partial charge < -0.3 is 15.0 Å². The van der Waals surface area contributed by atoms with Gasteiger partial charge in [0.15, 0.2) is 0 Å². The molecule has 1 atom stereocenters. The van der Waals surface area contributed by atoms with E-state index in [0.29, 0.717) is 12.6 Å². The number of rotatable bonds is 7. The van der Waals surface area contributed by atoms with Gasteiger partial charge in [-0.15, -0.1) is 0 Å². The fraction of sp³-hybridized carbons (Fsp3) is 0.588. The van der Waals surface area contributed by atoms with E-state index in [2.05, 4.69) is 10.2 Å². The molecule has 0 radical (unpaired) electrons. The third kappa shape index (κ3) is 4.55. The zero-order valence-electron chi connectivity index (χ0n) is 14.7.